The summed E-state index contributed by atoms with van der Waals surface area (Å²) >= 11 is 5.93. The molecule has 0 radical (unpaired) electrons. The molecule has 0 bridgehead atoms. The lowest BCUT2D eigenvalue weighted by Crippen LogP contribution is -2.42. The minimum atomic E-state index is 0.388. The van der Waals surface area contributed by atoms with Gasteiger partial charge in [-0.2, -0.15) is 5.26 Å². The molecule has 0 unspecified atom stereocenters. The van der Waals surface area contributed by atoms with Crippen molar-refractivity contribution in [3.8, 4) is 6.07 Å². The summed E-state index contributed by atoms with van der Waals surface area (Å²) < 4.78 is 0. The highest BCUT2D eigenvalue weighted by Crippen LogP contribution is 2.22. The van der Waals surface area contributed by atoms with E-state index in [1.54, 1.807) is 6.07 Å². The number of aromatic nitrogens is 1. The van der Waals surface area contributed by atoms with Gasteiger partial charge in [-0.05, 0) is 39.1 Å². The van der Waals surface area contributed by atoms with E-state index in [9.17, 15) is 0 Å². The number of hydrogen-bond acceptors (Lipinski definition) is 4. The number of anilines is 1. The number of hydrogen-bond donors (Lipinski definition) is 0. The maximum atomic E-state index is 8.94. The second kappa shape index (κ2) is 5.55. The molecule has 0 saturated carbocycles. The molecule has 0 spiro atoms. The van der Waals surface area contributed by atoms with Gasteiger partial charge in [0.05, 0.1) is 11.6 Å². The van der Waals surface area contributed by atoms with Crippen molar-refractivity contribution in [2.75, 3.05) is 32.1 Å². The Hall–Kier alpha value is -1.31. The van der Waals surface area contributed by atoms with Gasteiger partial charge in [0.15, 0.2) is 0 Å². The Morgan fingerprint density at radius 1 is 1.39 bits per heavy atom. The van der Waals surface area contributed by atoms with Gasteiger partial charge in [0.2, 0.25) is 0 Å². The summed E-state index contributed by atoms with van der Waals surface area (Å²) in [7, 11) is 4.23. The van der Waals surface area contributed by atoms with E-state index in [1.807, 2.05) is 6.07 Å². The molecule has 0 aromatic carbocycles. The second-order valence-electron chi connectivity index (χ2n) is 4.83. The van der Waals surface area contributed by atoms with Crippen molar-refractivity contribution in [1.29, 1.82) is 5.26 Å². The Morgan fingerprint density at radius 3 is 2.61 bits per heavy atom. The zero-order chi connectivity index (χ0) is 13.1. The van der Waals surface area contributed by atoms with Crippen LogP contribution in [0.25, 0.3) is 0 Å². The van der Waals surface area contributed by atoms with Crippen molar-refractivity contribution in [2.24, 2.45) is 0 Å². The Balaban J connectivity index is 2.10. The fourth-order valence-corrected chi connectivity index (χ4v) is 2.53. The van der Waals surface area contributed by atoms with Gasteiger partial charge in [-0.25, -0.2) is 4.98 Å². The largest absolute Gasteiger partial charge is 0.356 e. The molecule has 0 N–H and O–H groups in total. The fraction of sp³-hybridized carbons (Fsp3) is 0.538. The summed E-state index contributed by atoms with van der Waals surface area (Å²) in [5.41, 5.74) is 0.569. The monoisotopic (exact) mass is 264 g/mol. The van der Waals surface area contributed by atoms with Gasteiger partial charge in [0.25, 0.3) is 0 Å². The van der Waals surface area contributed by atoms with Crippen molar-refractivity contribution in [2.45, 2.75) is 18.9 Å². The first-order chi connectivity index (χ1) is 8.60. The highest BCUT2D eigenvalue weighted by atomic mass is 35.5. The van der Waals surface area contributed by atoms with Crippen LogP contribution in [0.1, 0.15) is 18.4 Å². The third-order valence-electron chi connectivity index (χ3n) is 3.43. The molecule has 0 aliphatic carbocycles. The van der Waals surface area contributed by atoms with Crippen molar-refractivity contribution < 1.29 is 0 Å². The molecule has 1 aromatic heterocycles. The van der Waals surface area contributed by atoms with E-state index >= 15 is 0 Å². The first kappa shape index (κ1) is 13.1. The summed E-state index contributed by atoms with van der Waals surface area (Å²) in [5.74, 6) is 0.816. The van der Waals surface area contributed by atoms with Crippen LogP contribution >= 0.6 is 11.6 Å². The summed E-state index contributed by atoms with van der Waals surface area (Å²) in [6.07, 6.45) is 2.23. The maximum Gasteiger partial charge on any atom is 0.132 e. The number of rotatable bonds is 2. The van der Waals surface area contributed by atoms with Crippen molar-refractivity contribution in [1.82, 2.24) is 9.88 Å². The van der Waals surface area contributed by atoms with Crippen LogP contribution in [-0.2, 0) is 0 Å². The number of nitriles is 1. The molecular formula is C13H17ClN4. The van der Waals surface area contributed by atoms with Crippen molar-refractivity contribution in [3.05, 3.63) is 22.8 Å². The molecular weight excluding hydrogens is 248 g/mol. The first-order valence-electron chi connectivity index (χ1n) is 6.09. The molecule has 1 aromatic rings. The van der Waals surface area contributed by atoms with Crippen molar-refractivity contribution >= 4 is 17.4 Å². The minimum Gasteiger partial charge on any atom is -0.356 e. The molecule has 1 aliphatic rings. The minimum absolute atomic E-state index is 0.388. The number of nitrogens with zero attached hydrogens (tertiary/aromatic N) is 4. The predicted molar refractivity (Wildman–Crippen MR) is 72.9 cm³/mol. The summed E-state index contributed by atoms with van der Waals surface area (Å²) in [5, 5.41) is 9.33. The number of pyridine rings is 1. The van der Waals surface area contributed by atoms with E-state index in [2.05, 4.69) is 34.9 Å². The third-order valence-corrected chi connectivity index (χ3v) is 3.62. The summed E-state index contributed by atoms with van der Waals surface area (Å²) in [6.45, 7) is 1.92. The summed E-state index contributed by atoms with van der Waals surface area (Å²) in [4.78, 5) is 8.77. The quantitative estimate of drug-likeness (QED) is 0.768. The average Bonchev–Trinajstić information content (AvgIpc) is 2.38. The molecule has 0 amide bonds. The van der Waals surface area contributed by atoms with E-state index in [0.717, 1.165) is 31.7 Å². The van der Waals surface area contributed by atoms with Gasteiger partial charge in [-0.1, -0.05) is 11.6 Å². The molecule has 5 heteroatoms. The topological polar surface area (TPSA) is 43.2 Å². The Kier molecular flexibility index (Phi) is 4.05. The first-order valence-corrected chi connectivity index (χ1v) is 6.47. The molecule has 1 fully saturated rings. The third kappa shape index (κ3) is 2.92. The molecule has 2 rings (SSSR count). The van der Waals surface area contributed by atoms with Crippen LogP contribution in [0.2, 0.25) is 5.15 Å². The average molecular weight is 265 g/mol. The van der Waals surface area contributed by atoms with Crippen LogP contribution in [0.15, 0.2) is 12.1 Å². The molecule has 96 valence electrons. The van der Waals surface area contributed by atoms with E-state index in [-0.39, 0.29) is 0 Å². The van der Waals surface area contributed by atoms with Crippen LogP contribution in [0.5, 0.6) is 0 Å². The van der Waals surface area contributed by atoms with Gasteiger partial charge in [-0.3, -0.25) is 0 Å². The molecule has 4 nitrogen and oxygen atoms in total. The van der Waals surface area contributed by atoms with E-state index in [0.29, 0.717) is 16.8 Å². The predicted octanol–water partition coefficient (Wildman–Crippen LogP) is 2.14. The van der Waals surface area contributed by atoms with Gasteiger partial charge >= 0.3 is 0 Å². The Bertz CT molecular complexity index is 459. The van der Waals surface area contributed by atoms with Gasteiger partial charge in [-0.15, -0.1) is 0 Å². The lowest BCUT2D eigenvalue weighted by atomic mass is 10.0. The van der Waals surface area contributed by atoms with E-state index < -0.39 is 0 Å². The molecule has 1 saturated heterocycles. The molecule has 0 atom stereocenters. The lowest BCUT2D eigenvalue weighted by molar-refractivity contribution is 0.249. The van der Waals surface area contributed by atoms with E-state index in [4.69, 9.17) is 16.9 Å². The smallest absolute Gasteiger partial charge is 0.132 e. The number of piperidine rings is 1. The molecule has 2 heterocycles. The van der Waals surface area contributed by atoms with Crippen LogP contribution in [-0.4, -0.2) is 43.1 Å². The zero-order valence-corrected chi connectivity index (χ0v) is 11.5. The van der Waals surface area contributed by atoms with Crippen LogP contribution in [0.4, 0.5) is 5.82 Å². The van der Waals surface area contributed by atoms with Crippen LogP contribution < -0.4 is 4.90 Å². The van der Waals surface area contributed by atoms with E-state index in [1.165, 1.54) is 0 Å². The van der Waals surface area contributed by atoms with Gasteiger partial charge in [0.1, 0.15) is 11.0 Å². The van der Waals surface area contributed by atoms with Crippen molar-refractivity contribution in [3.63, 3.8) is 0 Å². The molecule has 1 aliphatic heterocycles. The highest BCUT2D eigenvalue weighted by molar-refractivity contribution is 6.29. The Morgan fingerprint density at radius 2 is 2.06 bits per heavy atom. The highest BCUT2D eigenvalue weighted by Gasteiger charge is 2.21. The van der Waals surface area contributed by atoms with Gasteiger partial charge < -0.3 is 9.80 Å². The maximum absolute atomic E-state index is 8.94. The second-order valence-corrected chi connectivity index (χ2v) is 5.22. The van der Waals surface area contributed by atoms with Crippen LogP contribution in [0.3, 0.4) is 0 Å². The van der Waals surface area contributed by atoms with Crippen LogP contribution in [0, 0.1) is 11.3 Å². The molecule has 18 heavy (non-hydrogen) atoms. The normalized spacial score (nSPS) is 16.9. The lowest BCUT2D eigenvalue weighted by Gasteiger charge is -2.35. The standard InChI is InChI=1S/C13H17ClN4/c1-17(2)11-3-5-18(6-4-11)13-8-10(9-15)7-12(14)16-13/h7-8,11H,3-6H2,1-2H3. The number of halogens is 1. The summed E-state index contributed by atoms with van der Waals surface area (Å²) in [6, 6.07) is 6.15. The zero-order valence-electron chi connectivity index (χ0n) is 10.7. The SMILES string of the molecule is CN(C)C1CCN(c2cc(C#N)cc(Cl)n2)CC1. The Labute approximate surface area is 113 Å². The van der Waals surface area contributed by atoms with Gasteiger partial charge in [0, 0.05) is 19.1 Å². The fourth-order valence-electron chi connectivity index (χ4n) is 2.32.